The van der Waals surface area contributed by atoms with E-state index in [0.717, 1.165) is 39.0 Å². The molecule has 0 atom stereocenters. The fourth-order valence-electron chi connectivity index (χ4n) is 5.92. The van der Waals surface area contributed by atoms with Gasteiger partial charge in [-0.05, 0) is 69.4 Å². The standard InChI is InChI=1S/C35H20N2O/c36-21-22-11-17-26(18-12-22)37(31-9-4-8-28-27-7-1-2-10-32(27)38-35(28)31)30-20-16-25-14-13-23-5-3-6-24-15-19-29(30)34(25)33(23)24/h1-20H. The Morgan fingerprint density at radius 2 is 1.21 bits per heavy atom. The lowest BCUT2D eigenvalue weighted by molar-refractivity contribution is 0.669. The summed E-state index contributed by atoms with van der Waals surface area (Å²) in [7, 11) is 0. The molecule has 0 saturated heterocycles. The molecule has 0 bridgehead atoms. The predicted molar refractivity (Wildman–Crippen MR) is 157 cm³/mol. The molecule has 3 nitrogen and oxygen atoms in total. The Bertz CT molecular complexity index is 2180. The third-order valence-electron chi connectivity index (χ3n) is 7.63. The number of para-hydroxylation sites is 2. The van der Waals surface area contributed by atoms with E-state index >= 15 is 0 Å². The van der Waals surface area contributed by atoms with E-state index in [9.17, 15) is 5.26 Å². The fourth-order valence-corrected chi connectivity index (χ4v) is 5.92. The molecule has 38 heavy (non-hydrogen) atoms. The SMILES string of the molecule is N#Cc1ccc(N(c2ccc3ccc4cccc5ccc2c3c45)c2cccc3c2oc2ccccc23)cc1. The number of nitriles is 1. The molecule has 0 aliphatic rings. The van der Waals surface area contributed by atoms with E-state index in [4.69, 9.17) is 4.42 Å². The number of furan rings is 1. The maximum atomic E-state index is 9.44. The normalized spacial score (nSPS) is 11.7. The molecular formula is C35H20N2O. The van der Waals surface area contributed by atoms with E-state index in [1.165, 1.54) is 32.3 Å². The van der Waals surface area contributed by atoms with Gasteiger partial charge < -0.3 is 9.32 Å². The van der Waals surface area contributed by atoms with Gasteiger partial charge in [0, 0.05) is 21.8 Å². The van der Waals surface area contributed by atoms with Gasteiger partial charge in [0.25, 0.3) is 0 Å². The maximum absolute atomic E-state index is 9.44. The van der Waals surface area contributed by atoms with Crippen molar-refractivity contribution in [2.24, 2.45) is 0 Å². The third kappa shape index (κ3) is 2.89. The Labute approximate surface area is 218 Å². The zero-order chi connectivity index (χ0) is 25.2. The molecule has 0 aliphatic carbocycles. The van der Waals surface area contributed by atoms with Gasteiger partial charge in [-0.15, -0.1) is 0 Å². The van der Waals surface area contributed by atoms with Crippen LogP contribution in [-0.2, 0) is 0 Å². The topological polar surface area (TPSA) is 40.2 Å². The highest BCUT2D eigenvalue weighted by molar-refractivity contribution is 6.26. The minimum absolute atomic E-state index is 0.631. The van der Waals surface area contributed by atoms with Crippen molar-refractivity contribution in [3.05, 3.63) is 127 Å². The van der Waals surface area contributed by atoms with Crippen LogP contribution in [-0.4, -0.2) is 0 Å². The second-order valence-electron chi connectivity index (χ2n) is 9.69. The van der Waals surface area contributed by atoms with E-state index in [-0.39, 0.29) is 0 Å². The monoisotopic (exact) mass is 484 g/mol. The highest BCUT2D eigenvalue weighted by Gasteiger charge is 2.22. The molecular weight excluding hydrogens is 464 g/mol. The molecule has 0 radical (unpaired) electrons. The first-order chi connectivity index (χ1) is 18.8. The molecule has 0 unspecified atom stereocenters. The molecule has 0 saturated carbocycles. The highest BCUT2D eigenvalue weighted by Crippen LogP contribution is 2.46. The van der Waals surface area contributed by atoms with Crippen molar-refractivity contribution in [3.63, 3.8) is 0 Å². The van der Waals surface area contributed by atoms with Gasteiger partial charge in [-0.1, -0.05) is 78.9 Å². The minimum atomic E-state index is 0.631. The van der Waals surface area contributed by atoms with Crippen LogP contribution in [0.1, 0.15) is 5.56 Å². The molecule has 0 aliphatic heterocycles. The summed E-state index contributed by atoms with van der Waals surface area (Å²) < 4.78 is 6.48. The van der Waals surface area contributed by atoms with Gasteiger partial charge in [-0.3, -0.25) is 0 Å². The van der Waals surface area contributed by atoms with Gasteiger partial charge in [0.2, 0.25) is 0 Å². The Kier molecular flexibility index (Phi) is 4.29. The average Bonchev–Trinajstić information content (AvgIpc) is 3.36. The summed E-state index contributed by atoms with van der Waals surface area (Å²) in [6.07, 6.45) is 0. The van der Waals surface area contributed by atoms with Crippen molar-refractivity contribution in [2.45, 2.75) is 0 Å². The van der Waals surface area contributed by atoms with Crippen LogP contribution in [0.3, 0.4) is 0 Å². The molecule has 0 N–H and O–H groups in total. The number of anilines is 3. The van der Waals surface area contributed by atoms with Gasteiger partial charge in [-0.25, -0.2) is 0 Å². The molecule has 1 aromatic heterocycles. The van der Waals surface area contributed by atoms with E-state index in [1.807, 2.05) is 42.5 Å². The number of fused-ring (bicyclic) bond motifs is 3. The van der Waals surface area contributed by atoms with Gasteiger partial charge >= 0.3 is 0 Å². The Morgan fingerprint density at radius 1 is 0.526 bits per heavy atom. The Balaban J connectivity index is 1.49. The quantitative estimate of drug-likeness (QED) is 0.234. The van der Waals surface area contributed by atoms with Crippen molar-refractivity contribution in [1.82, 2.24) is 0 Å². The minimum Gasteiger partial charge on any atom is -0.454 e. The summed E-state index contributed by atoms with van der Waals surface area (Å²) >= 11 is 0. The first-order valence-corrected chi connectivity index (χ1v) is 12.7. The molecule has 0 fully saturated rings. The summed E-state index contributed by atoms with van der Waals surface area (Å²) in [4.78, 5) is 2.26. The van der Waals surface area contributed by atoms with Crippen LogP contribution in [0.25, 0.3) is 54.3 Å². The molecule has 8 aromatic rings. The lowest BCUT2D eigenvalue weighted by Gasteiger charge is -2.27. The van der Waals surface area contributed by atoms with E-state index in [1.54, 1.807) is 0 Å². The van der Waals surface area contributed by atoms with Crippen LogP contribution in [0.15, 0.2) is 126 Å². The Morgan fingerprint density at radius 3 is 2.03 bits per heavy atom. The van der Waals surface area contributed by atoms with Crippen molar-refractivity contribution < 1.29 is 4.42 Å². The predicted octanol–water partition coefficient (Wildman–Crippen LogP) is 9.82. The molecule has 7 aromatic carbocycles. The largest absolute Gasteiger partial charge is 0.454 e. The summed E-state index contributed by atoms with van der Waals surface area (Å²) in [6, 6.07) is 44.2. The molecule has 0 spiro atoms. The van der Waals surface area contributed by atoms with Crippen molar-refractivity contribution in [3.8, 4) is 6.07 Å². The van der Waals surface area contributed by atoms with Gasteiger partial charge in [0.1, 0.15) is 5.58 Å². The van der Waals surface area contributed by atoms with Crippen LogP contribution in [0.5, 0.6) is 0 Å². The average molecular weight is 485 g/mol. The van der Waals surface area contributed by atoms with Crippen LogP contribution < -0.4 is 4.90 Å². The number of benzene rings is 7. The van der Waals surface area contributed by atoms with Crippen molar-refractivity contribution >= 4 is 71.3 Å². The van der Waals surface area contributed by atoms with Gasteiger partial charge in [0.05, 0.1) is 23.0 Å². The fraction of sp³-hybridized carbons (Fsp3) is 0. The molecule has 8 rings (SSSR count). The molecule has 1 heterocycles. The van der Waals surface area contributed by atoms with E-state index < -0.39 is 0 Å². The highest BCUT2D eigenvalue weighted by atomic mass is 16.3. The number of rotatable bonds is 3. The van der Waals surface area contributed by atoms with E-state index in [0.29, 0.717) is 5.56 Å². The second kappa shape index (κ2) is 7.83. The number of nitrogens with zero attached hydrogens (tertiary/aromatic N) is 2. The molecule has 0 amide bonds. The van der Waals surface area contributed by atoms with Crippen molar-refractivity contribution in [1.29, 1.82) is 5.26 Å². The first kappa shape index (κ1) is 20.8. The lowest BCUT2D eigenvalue weighted by Crippen LogP contribution is -2.11. The Hall–Kier alpha value is -5.33. The summed E-state index contributed by atoms with van der Waals surface area (Å²) in [5, 5.41) is 19.0. The zero-order valence-electron chi connectivity index (χ0n) is 20.3. The summed E-state index contributed by atoms with van der Waals surface area (Å²) in [5.74, 6) is 0. The van der Waals surface area contributed by atoms with Crippen molar-refractivity contribution in [2.75, 3.05) is 4.90 Å². The summed E-state index contributed by atoms with van der Waals surface area (Å²) in [5.41, 5.74) is 5.32. The summed E-state index contributed by atoms with van der Waals surface area (Å²) in [6.45, 7) is 0. The second-order valence-corrected chi connectivity index (χ2v) is 9.69. The molecule has 3 heteroatoms. The van der Waals surface area contributed by atoms with Crippen LogP contribution in [0.2, 0.25) is 0 Å². The first-order valence-electron chi connectivity index (χ1n) is 12.7. The zero-order valence-corrected chi connectivity index (χ0v) is 20.3. The maximum Gasteiger partial charge on any atom is 0.159 e. The van der Waals surface area contributed by atoms with Crippen LogP contribution >= 0.6 is 0 Å². The van der Waals surface area contributed by atoms with Gasteiger partial charge in [-0.2, -0.15) is 5.26 Å². The van der Waals surface area contributed by atoms with E-state index in [2.05, 4.69) is 89.8 Å². The van der Waals surface area contributed by atoms with Crippen LogP contribution in [0, 0.1) is 11.3 Å². The lowest BCUT2D eigenvalue weighted by atomic mass is 9.93. The smallest absolute Gasteiger partial charge is 0.159 e. The number of hydrogen-bond acceptors (Lipinski definition) is 3. The number of hydrogen-bond donors (Lipinski definition) is 0. The van der Waals surface area contributed by atoms with Gasteiger partial charge in [0.15, 0.2) is 5.58 Å². The van der Waals surface area contributed by atoms with Crippen LogP contribution in [0.4, 0.5) is 17.1 Å². The molecule has 176 valence electrons. The third-order valence-corrected chi connectivity index (χ3v) is 7.63.